The number of hydrogen-bond donors (Lipinski definition) is 1. The number of nitrogens with one attached hydrogen (secondary N) is 1. The van der Waals surface area contributed by atoms with Gasteiger partial charge in [-0.1, -0.05) is 12.1 Å². The van der Waals surface area contributed by atoms with E-state index >= 15 is 0 Å². The molecule has 96 valence electrons. The van der Waals surface area contributed by atoms with Crippen LogP contribution in [0.25, 0.3) is 0 Å². The Hall–Kier alpha value is -0.770. The van der Waals surface area contributed by atoms with Gasteiger partial charge in [0.1, 0.15) is 5.75 Å². The molecule has 2 rings (SSSR count). The highest BCUT2D eigenvalue weighted by atomic mass is 35.5. The van der Waals surface area contributed by atoms with Crippen molar-refractivity contribution < 1.29 is 9.47 Å². The Labute approximate surface area is 109 Å². The van der Waals surface area contributed by atoms with Crippen molar-refractivity contribution in [2.45, 2.75) is 19.9 Å². The minimum absolute atomic E-state index is 0. The van der Waals surface area contributed by atoms with E-state index in [1.54, 1.807) is 7.11 Å². The fourth-order valence-corrected chi connectivity index (χ4v) is 2.29. The van der Waals surface area contributed by atoms with Crippen LogP contribution in [0, 0.1) is 13.8 Å². The van der Waals surface area contributed by atoms with E-state index < -0.39 is 0 Å². The van der Waals surface area contributed by atoms with Gasteiger partial charge in [0.25, 0.3) is 0 Å². The third-order valence-corrected chi connectivity index (χ3v) is 3.01. The summed E-state index contributed by atoms with van der Waals surface area (Å²) in [5, 5.41) is 3.46. The maximum atomic E-state index is 5.48. The van der Waals surface area contributed by atoms with Gasteiger partial charge >= 0.3 is 0 Å². The van der Waals surface area contributed by atoms with Gasteiger partial charge in [-0.3, -0.25) is 0 Å². The Morgan fingerprint density at radius 1 is 1.29 bits per heavy atom. The fourth-order valence-electron chi connectivity index (χ4n) is 2.29. The van der Waals surface area contributed by atoms with Crippen LogP contribution in [0.15, 0.2) is 12.1 Å². The van der Waals surface area contributed by atoms with Gasteiger partial charge in [0.2, 0.25) is 0 Å². The zero-order chi connectivity index (χ0) is 11.5. The van der Waals surface area contributed by atoms with Crippen LogP contribution in [0.1, 0.15) is 22.7 Å². The number of morpholine rings is 1. The number of ether oxygens (including phenoxy) is 2. The Kier molecular flexibility index (Phi) is 5.25. The van der Waals surface area contributed by atoms with Crippen molar-refractivity contribution in [1.82, 2.24) is 5.32 Å². The molecule has 1 aromatic carbocycles. The molecule has 0 amide bonds. The molecule has 0 aromatic heterocycles. The van der Waals surface area contributed by atoms with E-state index in [0.717, 1.165) is 25.5 Å². The van der Waals surface area contributed by atoms with Crippen LogP contribution >= 0.6 is 12.4 Å². The third kappa shape index (κ3) is 3.12. The molecular weight excluding hydrogens is 238 g/mol. The lowest BCUT2D eigenvalue weighted by molar-refractivity contribution is 0.0768. The smallest absolute Gasteiger partial charge is 0.124 e. The topological polar surface area (TPSA) is 30.5 Å². The van der Waals surface area contributed by atoms with E-state index in [9.17, 15) is 0 Å². The summed E-state index contributed by atoms with van der Waals surface area (Å²) in [5.41, 5.74) is 3.66. The summed E-state index contributed by atoms with van der Waals surface area (Å²) in [7, 11) is 1.72. The van der Waals surface area contributed by atoms with Crippen molar-refractivity contribution in [3.05, 3.63) is 28.8 Å². The number of methoxy groups -OCH3 is 1. The molecule has 0 spiro atoms. The summed E-state index contributed by atoms with van der Waals surface area (Å²) in [6.07, 6.45) is 0. The van der Waals surface area contributed by atoms with Crippen molar-refractivity contribution in [2.75, 3.05) is 26.9 Å². The molecule has 0 unspecified atom stereocenters. The number of benzene rings is 1. The summed E-state index contributed by atoms with van der Waals surface area (Å²) < 4.78 is 10.8. The molecule has 0 bridgehead atoms. The van der Waals surface area contributed by atoms with Crippen LogP contribution < -0.4 is 10.1 Å². The maximum Gasteiger partial charge on any atom is 0.124 e. The standard InChI is InChI=1S/C13H19NO2.ClH/c1-9-6-11(7-10(2)13(9)15-3)12-8-16-5-4-14-12;/h6-7,12,14H,4-5,8H2,1-3H3;1H/t12-;/m0./s1. The molecule has 1 saturated heterocycles. The second-order valence-electron chi connectivity index (χ2n) is 4.27. The molecule has 1 fully saturated rings. The van der Waals surface area contributed by atoms with Crippen molar-refractivity contribution >= 4 is 12.4 Å². The molecule has 1 aromatic rings. The number of aryl methyl sites for hydroxylation is 2. The average Bonchev–Trinajstić information content (AvgIpc) is 2.30. The normalized spacial score (nSPS) is 19.6. The van der Waals surface area contributed by atoms with Crippen LogP contribution in [0.3, 0.4) is 0 Å². The Morgan fingerprint density at radius 2 is 1.94 bits per heavy atom. The number of hydrogen-bond acceptors (Lipinski definition) is 3. The predicted molar refractivity (Wildman–Crippen MR) is 71.3 cm³/mol. The second-order valence-corrected chi connectivity index (χ2v) is 4.27. The highest BCUT2D eigenvalue weighted by molar-refractivity contribution is 5.85. The number of rotatable bonds is 2. The summed E-state index contributed by atoms with van der Waals surface area (Å²) in [4.78, 5) is 0. The molecule has 4 heteroatoms. The van der Waals surface area contributed by atoms with Gasteiger partial charge in [-0.2, -0.15) is 0 Å². The molecule has 1 aliphatic heterocycles. The average molecular weight is 258 g/mol. The monoisotopic (exact) mass is 257 g/mol. The van der Waals surface area contributed by atoms with E-state index in [2.05, 4.69) is 31.3 Å². The first-order chi connectivity index (χ1) is 7.72. The lowest BCUT2D eigenvalue weighted by Gasteiger charge is -2.25. The van der Waals surface area contributed by atoms with Gasteiger partial charge in [0.15, 0.2) is 0 Å². The van der Waals surface area contributed by atoms with Crippen LogP contribution in [0.2, 0.25) is 0 Å². The highest BCUT2D eigenvalue weighted by Crippen LogP contribution is 2.27. The maximum absolute atomic E-state index is 5.48. The molecule has 1 aliphatic rings. The largest absolute Gasteiger partial charge is 0.496 e. The lowest BCUT2D eigenvalue weighted by atomic mass is 10.00. The van der Waals surface area contributed by atoms with Crippen molar-refractivity contribution in [3.63, 3.8) is 0 Å². The molecule has 1 N–H and O–H groups in total. The number of halogens is 1. The molecule has 17 heavy (non-hydrogen) atoms. The Bertz CT molecular complexity index is 353. The zero-order valence-corrected chi connectivity index (χ0v) is 11.4. The minimum Gasteiger partial charge on any atom is -0.496 e. The van der Waals surface area contributed by atoms with E-state index in [-0.39, 0.29) is 12.4 Å². The van der Waals surface area contributed by atoms with Gasteiger partial charge < -0.3 is 14.8 Å². The molecular formula is C13H20ClNO2. The SMILES string of the molecule is COc1c(C)cc([C@@H]2COCCN2)cc1C.Cl. The van der Waals surface area contributed by atoms with Crippen LogP contribution in [-0.2, 0) is 4.74 Å². The predicted octanol–water partition coefficient (Wildman–Crippen LogP) is 2.39. The Morgan fingerprint density at radius 3 is 2.41 bits per heavy atom. The van der Waals surface area contributed by atoms with E-state index in [4.69, 9.17) is 9.47 Å². The first kappa shape index (κ1) is 14.3. The third-order valence-electron chi connectivity index (χ3n) is 3.01. The van der Waals surface area contributed by atoms with Crippen molar-refractivity contribution in [2.24, 2.45) is 0 Å². The molecule has 1 heterocycles. The van der Waals surface area contributed by atoms with Crippen molar-refractivity contribution in [1.29, 1.82) is 0 Å². The van der Waals surface area contributed by atoms with E-state index in [1.807, 2.05) is 0 Å². The van der Waals surface area contributed by atoms with E-state index in [0.29, 0.717) is 6.04 Å². The molecule has 0 radical (unpaired) electrons. The van der Waals surface area contributed by atoms with Gasteiger partial charge in [-0.25, -0.2) is 0 Å². The van der Waals surface area contributed by atoms with E-state index in [1.165, 1.54) is 16.7 Å². The minimum atomic E-state index is 0. The molecule has 0 aliphatic carbocycles. The fraction of sp³-hybridized carbons (Fsp3) is 0.538. The summed E-state index contributed by atoms with van der Waals surface area (Å²) in [5.74, 6) is 0.987. The first-order valence-electron chi connectivity index (χ1n) is 5.68. The highest BCUT2D eigenvalue weighted by Gasteiger charge is 2.17. The van der Waals surface area contributed by atoms with Gasteiger partial charge in [-0.05, 0) is 30.5 Å². The summed E-state index contributed by atoms with van der Waals surface area (Å²) in [6, 6.07) is 4.67. The molecule has 3 nitrogen and oxygen atoms in total. The zero-order valence-electron chi connectivity index (χ0n) is 10.6. The molecule has 1 atom stereocenters. The summed E-state index contributed by atoms with van der Waals surface area (Å²) >= 11 is 0. The summed E-state index contributed by atoms with van der Waals surface area (Å²) in [6.45, 7) is 6.66. The van der Waals surface area contributed by atoms with Gasteiger partial charge in [0.05, 0.1) is 26.4 Å². The van der Waals surface area contributed by atoms with Crippen LogP contribution in [-0.4, -0.2) is 26.9 Å². The second kappa shape index (κ2) is 6.24. The van der Waals surface area contributed by atoms with Crippen LogP contribution in [0.5, 0.6) is 5.75 Å². The van der Waals surface area contributed by atoms with Crippen molar-refractivity contribution in [3.8, 4) is 5.75 Å². The molecule has 0 saturated carbocycles. The van der Waals surface area contributed by atoms with Gasteiger partial charge in [-0.15, -0.1) is 12.4 Å². The van der Waals surface area contributed by atoms with Gasteiger partial charge in [0, 0.05) is 6.54 Å². The quantitative estimate of drug-likeness (QED) is 0.883. The van der Waals surface area contributed by atoms with Crippen LogP contribution in [0.4, 0.5) is 0 Å². The lowest BCUT2D eigenvalue weighted by Crippen LogP contribution is -2.34. The Balaban J connectivity index is 0.00000144. The first-order valence-corrected chi connectivity index (χ1v) is 5.68.